The van der Waals surface area contributed by atoms with Crippen LogP contribution < -0.4 is 0 Å². The highest BCUT2D eigenvalue weighted by Gasteiger charge is 2.37. The van der Waals surface area contributed by atoms with E-state index in [2.05, 4.69) is 23.6 Å². The Hall–Kier alpha value is -3.86. The van der Waals surface area contributed by atoms with Gasteiger partial charge in [-0.25, -0.2) is 4.79 Å². The zero-order valence-electron chi connectivity index (χ0n) is 19.7. The van der Waals surface area contributed by atoms with Crippen molar-refractivity contribution in [2.24, 2.45) is 0 Å². The number of ether oxygens (including phenoxy) is 1. The van der Waals surface area contributed by atoms with Crippen LogP contribution >= 0.6 is 0 Å². The van der Waals surface area contributed by atoms with Crippen LogP contribution in [0.2, 0.25) is 0 Å². The first kappa shape index (κ1) is 22.3. The Balaban J connectivity index is 1.80. The van der Waals surface area contributed by atoms with Gasteiger partial charge in [0.1, 0.15) is 0 Å². The molecule has 33 heavy (non-hydrogen) atoms. The lowest BCUT2D eigenvalue weighted by molar-refractivity contribution is -0.136. The molecule has 0 aliphatic carbocycles. The smallest absolute Gasteiger partial charge is 0.340 e. The van der Waals surface area contributed by atoms with Crippen molar-refractivity contribution in [1.29, 1.82) is 0 Å². The monoisotopic (exact) mass is 440 g/mol. The molecule has 0 fully saturated rings. The van der Waals surface area contributed by atoms with E-state index in [0.29, 0.717) is 23.4 Å². The Morgan fingerprint density at radius 1 is 0.970 bits per heavy atom. The minimum atomic E-state index is -0.504. The van der Waals surface area contributed by atoms with Gasteiger partial charge in [-0.15, -0.1) is 0 Å². The van der Waals surface area contributed by atoms with Crippen molar-refractivity contribution in [3.8, 4) is 5.69 Å². The highest BCUT2D eigenvalue weighted by atomic mass is 16.5. The van der Waals surface area contributed by atoms with Gasteiger partial charge in [0.2, 0.25) is 0 Å². The molecule has 5 nitrogen and oxygen atoms in total. The molecular formula is C28H28N2O3. The number of carbonyl (C=O) groups excluding carboxylic acids is 2. The van der Waals surface area contributed by atoms with Crippen molar-refractivity contribution >= 4 is 18.0 Å². The summed E-state index contributed by atoms with van der Waals surface area (Å²) < 4.78 is 7.22. The van der Waals surface area contributed by atoms with Gasteiger partial charge in [-0.1, -0.05) is 48.5 Å². The Kier molecular flexibility index (Phi) is 6.05. The number of carbonyl (C=O) groups is 2. The number of benzene rings is 2. The maximum atomic E-state index is 13.5. The fourth-order valence-corrected chi connectivity index (χ4v) is 4.46. The molecule has 0 saturated heterocycles. The summed E-state index contributed by atoms with van der Waals surface area (Å²) in [5, 5.41) is 0. The number of aryl methyl sites for hydroxylation is 2. The summed E-state index contributed by atoms with van der Waals surface area (Å²) in [6.07, 6.45) is 1.82. The zero-order chi connectivity index (χ0) is 23.7. The lowest BCUT2D eigenvalue weighted by atomic mass is 10.0. The summed E-state index contributed by atoms with van der Waals surface area (Å²) in [5.74, 6) is -0.701. The topological polar surface area (TPSA) is 51.5 Å². The van der Waals surface area contributed by atoms with E-state index in [1.807, 2.05) is 68.5 Å². The van der Waals surface area contributed by atoms with Crippen LogP contribution in [0, 0.1) is 20.8 Å². The summed E-state index contributed by atoms with van der Waals surface area (Å²) in [7, 11) is 1.34. The largest absolute Gasteiger partial charge is 0.465 e. The first-order valence-electron chi connectivity index (χ1n) is 11.0. The van der Waals surface area contributed by atoms with Gasteiger partial charge in [-0.2, -0.15) is 0 Å². The van der Waals surface area contributed by atoms with Crippen LogP contribution in [-0.2, 0) is 20.9 Å². The van der Waals surface area contributed by atoms with Gasteiger partial charge in [0.25, 0.3) is 5.91 Å². The molecule has 0 spiro atoms. The molecule has 1 amide bonds. The van der Waals surface area contributed by atoms with Crippen molar-refractivity contribution in [3.05, 3.63) is 106 Å². The normalized spacial score (nSPS) is 15.0. The zero-order valence-corrected chi connectivity index (χ0v) is 19.7. The number of hydrogen-bond acceptors (Lipinski definition) is 3. The van der Waals surface area contributed by atoms with Crippen molar-refractivity contribution in [2.45, 2.75) is 34.2 Å². The lowest BCUT2D eigenvalue weighted by Crippen LogP contribution is -2.24. The van der Waals surface area contributed by atoms with Crippen molar-refractivity contribution < 1.29 is 14.3 Å². The average molecular weight is 441 g/mol. The molecule has 0 unspecified atom stereocenters. The minimum absolute atomic E-state index is 0.197. The molecule has 168 valence electrons. The SMILES string of the molecule is COC(=O)C1=C(C)N(Cc2ccccc2)C(=O)/C1=C\c1cc(C)n(-c2ccccc2C)c1C. The predicted octanol–water partition coefficient (Wildman–Crippen LogP) is 5.28. The van der Waals surface area contributed by atoms with Crippen molar-refractivity contribution in [1.82, 2.24) is 9.47 Å². The van der Waals surface area contributed by atoms with E-state index in [1.54, 1.807) is 11.8 Å². The Morgan fingerprint density at radius 2 is 1.64 bits per heavy atom. The van der Waals surface area contributed by atoms with Crippen LogP contribution in [0.3, 0.4) is 0 Å². The summed E-state index contributed by atoms with van der Waals surface area (Å²) in [5.41, 5.74) is 7.50. The molecule has 0 N–H and O–H groups in total. The molecule has 4 rings (SSSR count). The molecule has 0 bridgehead atoms. The van der Waals surface area contributed by atoms with Gasteiger partial charge in [-0.3, -0.25) is 4.79 Å². The standard InChI is InChI=1S/C28H28N2O3/c1-18-11-9-10-14-25(18)30-19(2)15-23(20(30)3)16-24-26(28(32)33-5)21(4)29(27(24)31)17-22-12-7-6-8-13-22/h6-16H,17H2,1-5H3/b24-16-. The Bertz CT molecular complexity index is 1300. The molecule has 1 aromatic heterocycles. The molecule has 1 aliphatic rings. The fraction of sp³-hybridized carbons (Fsp3) is 0.214. The molecule has 2 aromatic carbocycles. The van der Waals surface area contributed by atoms with Gasteiger partial charge in [0.05, 0.1) is 24.8 Å². The van der Waals surface area contributed by atoms with Gasteiger partial charge in [-0.05, 0) is 62.6 Å². The van der Waals surface area contributed by atoms with E-state index in [4.69, 9.17) is 4.74 Å². The molecule has 2 heterocycles. The van der Waals surface area contributed by atoms with Crippen LogP contribution in [0.15, 0.2) is 77.5 Å². The number of nitrogens with zero attached hydrogens (tertiary/aromatic N) is 2. The Labute approximate surface area is 194 Å². The third-order valence-electron chi connectivity index (χ3n) is 6.21. The van der Waals surface area contributed by atoms with E-state index in [9.17, 15) is 9.59 Å². The molecule has 1 aliphatic heterocycles. The highest BCUT2D eigenvalue weighted by molar-refractivity contribution is 6.16. The number of aromatic nitrogens is 1. The van der Waals surface area contributed by atoms with Gasteiger partial charge in [0, 0.05) is 22.8 Å². The van der Waals surface area contributed by atoms with Gasteiger partial charge >= 0.3 is 5.97 Å². The van der Waals surface area contributed by atoms with Crippen LogP contribution in [-0.4, -0.2) is 28.5 Å². The number of methoxy groups -OCH3 is 1. The minimum Gasteiger partial charge on any atom is -0.465 e. The molecule has 5 heteroatoms. The van der Waals surface area contributed by atoms with Crippen LogP contribution in [0.1, 0.15) is 35.0 Å². The number of rotatable bonds is 5. The number of allylic oxidation sites excluding steroid dienone is 1. The van der Waals surface area contributed by atoms with Crippen LogP contribution in [0.4, 0.5) is 0 Å². The molecular weight excluding hydrogens is 412 g/mol. The Morgan fingerprint density at radius 3 is 2.30 bits per heavy atom. The summed E-state index contributed by atoms with van der Waals surface area (Å²) >= 11 is 0. The summed E-state index contributed by atoms with van der Waals surface area (Å²) in [4.78, 5) is 27.8. The third-order valence-corrected chi connectivity index (χ3v) is 6.21. The van der Waals surface area contributed by atoms with Gasteiger partial charge in [0.15, 0.2) is 0 Å². The number of amides is 1. The molecule has 3 aromatic rings. The molecule has 0 atom stereocenters. The first-order chi connectivity index (χ1) is 15.8. The van der Waals surface area contributed by atoms with Gasteiger partial charge < -0.3 is 14.2 Å². The molecule has 0 saturated carbocycles. The van der Waals surface area contributed by atoms with E-state index >= 15 is 0 Å². The van der Waals surface area contributed by atoms with Crippen LogP contribution in [0.25, 0.3) is 11.8 Å². The summed E-state index contributed by atoms with van der Waals surface area (Å²) in [6.45, 7) is 8.34. The number of esters is 1. The molecule has 0 radical (unpaired) electrons. The maximum absolute atomic E-state index is 13.5. The van der Waals surface area contributed by atoms with Crippen molar-refractivity contribution in [2.75, 3.05) is 7.11 Å². The van der Waals surface area contributed by atoms with E-state index < -0.39 is 5.97 Å². The predicted molar refractivity (Wildman–Crippen MR) is 130 cm³/mol. The second-order valence-corrected chi connectivity index (χ2v) is 8.34. The lowest BCUT2D eigenvalue weighted by Gasteiger charge is -2.17. The average Bonchev–Trinajstić information content (AvgIpc) is 3.21. The summed E-state index contributed by atoms with van der Waals surface area (Å²) in [6, 6.07) is 20.0. The quantitative estimate of drug-likeness (QED) is 0.401. The van der Waals surface area contributed by atoms with Crippen LogP contribution in [0.5, 0.6) is 0 Å². The second-order valence-electron chi connectivity index (χ2n) is 8.34. The van der Waals surface area contributed by atoms with E-state index in [-0.39, 0.29) is 5.91 Å². The van der Waals surface area contributed by atoms with Crippen molar-refractivity contribution in [3.63, 3.8) is 0 Å². The first-order valence-corrected chi connectivity index (χ1v) is 11.0. The highest BCUT2D eigenvalue weighted by Crippen LogP contribution is 2.34. The van der Waals surface area contributed by atoms with E-state index in [0.717, 1.165) is 33.8 Å². The number of para-hydroxylation sites is 1. The fourth-order valence-electron chi connectivity index (χ4n) is 4.46. The third kappa shape index (κ3) is 4.02. The second kappa shape index (κ2) is 8.94. The number of hydrogen-bond donors (Lipinski definition) is 0. The maximum Gasteiger partial charge on any atom is 0.340 e. The van der Waals surface area contributed by atoms with E-state index in [1.165, 1.54) is 7.11 Å².